The second-order valence-electron chi connectivity index (χ2n) is 6.00. The molecule has 0 unspecified atom stereocenters. The predicted molar refractivity (Wildman–Crippen MR) is 101 cm³/mol. The molecule has 4 rings (SSSR count). The molecular formula is C23H18. The molecule has 0 fully saturated rings. The van der Waals surface area contributed by atoms with Gasteiger partial charge in [-0.15, -0.1) is 0 Å². The minimum atomic E-state index is 1.24. The minimum absolute atomic E-state index is 1.24. The Morgan fingerprint density at radius 1 is 0.609 bits per heavy atom. The van der Waals surface area contributed by atoms with Crippen molar-refractivity contribution in [1.82, 2.24) is 0 Å². The molecule has 0 aromatic heterocycles. The molecule has 0 atom stereocenters. The van der Waals surface area contributed by atoms with E-state index in [1.165, 1.54) is 38.2 Å². The van der Waals surface area contributed by atoms with Crippen molar-refractivity contribution in [2.45, 2.75) is 6.92 Å². The summed E-state index contributed by atoms with van der Waals surface area (Å²) in [5.41, 5.74) is 3.80. The highest BCUT2D eigenvalue weighted by atomic mass is 14.1. The lowest BCUT2D eigenvalue weighted by Crippen LogP contribution is -1.82. The number of hydrogen-bond donors (Lipinski definition) is 0. The van der Waals surface area contributed by atoms with Crippen LogP contribution in [0.15, 0.2) is 84.9 Å². The van der Waals surface area contributed by atoms with Crippen molar-refractivity contribution in [1.29, 1.82) is 0 Å². The van der Waals surface area contributed by atoms with Crippen LogP contribution in [0.25, 0.3) is 33.2 Å². The Bertz CT molecular complexity index is 1010. The zero-order valence-electron chi connectivity index (χ0n) is 13.2. The predicted octanol–water partition coefficient (Wildman–Crippen LogP) is 6.55. The summed E-state index contributed by atoms with van der Waals surface area (Å²) in [4.78, 5) is 0. The SMILES string of the molecule is CC(=Cc1ccccc1)c1ccc2cc3ccccc3cc2c1. The Morgan fingerprint density at radius 2 is 1.22 bits per heavy atom. The van der Waals surface area contributed by atoms with Crippen LogP contribution in [0.2, 0.25) is 0 Å². The molecule has 0 saturated carbocycles. The van der Waals surface area contributed by atoms with Crippen LogP contribution in [0.3, 0.4) is 0 Å². The first-order valence-corrected chi connectivity index (χ1v) is 7.96. The van der Waals surface area contributed by atoms with Crippen LogP contribution >= 0.6 is 0 Å². The molecule has 0 aliphatic carbocycles. The Balaban J connectivity index is 1.82. The van der Waals surface area contributed by atoms with Crippen LogP contribution in [0, 0.1) is 0 Å². The van der Waals surface area contributed by atoms with Gasteiger partial charge in [-0.1, -0.05) is 72.8 Å². The zero-order valence-corrected chi connectivity index (χ0v) is 13.2. The van der Waals surface area contributed by atoms with E-state index in [-0.39, 0.29) is 0 Å². The molecule has 0 nitrogen and oxygen atoms in total. The van der Waals surface area contributed by atoms with Crippen molar-refractivity contribution in [2.75, 3.05) is 0 Å². The Kier molecular flexibility index (Phi) is 3.44. The van der Waals surface area contributed by atoms with E-state index in [4.69, 9.17) is 0 Å². The summed E-state index contributed by atoms with van der Waals surface area (Å²) >= 11 is 0. The van der Waals surface area contributed by atoms with Gasteiger partial charge in [0, 0.05) is 0 Å². The Morgan fingerprint density at radius 3 is 1.96 bits per heavy atom. The van der Waals surface area contributed by atoms with E-state index in [0.717, 1.165) is 0 Å². The van der Waals surface area contributed by atoms with E-state index in [2.05, 4.69) is 91.9 Å². The smallest absolute Gasteiger partial charge is 0.0172 e. The van der Waals surface area contributed by atoms with Gasteiger partial charge >= 0.3 is 0 Å². The van der Waals surface area contributed by atoms with Gasteiger partial charge in [0.2, 0.25) is 0 Å². The molecule has 0 aliphatic rings. The van der Waals surface area contributed by atoms with Crippen molar-refractivity contribution in [2.24, 2.45) is 0 Å². The standard InChI is InChI=1S/C23H18/c1-17(13-18-7-3-2-4-8-18)19-11-12-22-15-20-9-5-6-10-21(20)16-23(22)14-19/h2-16H,1H3. The maximum absolute atomic E-state index is 2.29. The molecule has 0 amide bonds. The van der Waals surface area contributed by atoms with Crippen LogP contribution in [0.4, 0.5) is 0 Å². The summed E-state index contributed by atoms with van der Waals surface area (Å²) in [5, 5.41) is 5.17. The maximum Gasteiger partial charge on any atom is -0.0172 e. The molecule has 0 heteroatoms. The molecule has 0 bridgehead atoms. The second-order valence-corrected chi connectivity index (χ2v) is 6.00. The Hall–Kier alpha value is -2.86. The van der Waals surface area contributed by atoms with Crippen LogP contribution in [0.1, 0.15) is 18.1 Å². The summed E-state index contributed by atoms with van der Waals surface area (Å²) in [6, 6.07) is 30.3. The van der Waals surface area contributed by atoms with Gasteiger partial charge in [-0.25, -0.2) is 0 Å². The quantitative estimate of drug-likeness (QED) is 0.290. The monoisotopic (exact) mass is 294 g/mol. The van der Waals surface area contributed by atoms with Crippen LogP contribution in [-0.2, 0) is 0 Å². The zero-order chi connectivity index (χ0) is 15.6. The molecule has 0 N–H and O–H groups in total. The number of fused-ring (bicyclic) bond motifs is 2. The number of hydrogen-bond acceptors (Lipinski definition) is 0. The summed E-state index contributed by atoms with van der Waals surface area (Å²) in [5.74, 6) is 0. The van der Waals surface area contributed by atoms with Crippen LogP contribution in [-0.4, -0.2) is 0 Å². The van der Waals surface area contributed by atoms with E-state index in [9.17, 15) is 0 Å². The lowest BCUT2D eigenvalue weighted by molar-refractivity contribution is 1.60. The van der Waals surface area contributed by atoms with Crippen molar-refractivity contribution >= 4 is 33.2 Å². The fourth-order valence-corrected chi connectivity index (χ4v) is 3.07. The van der Waals surface area contributed by atoms with E-state index < -0.39 is 0 Å². The first kappa shape index (κ1) is 13.8. The molecule has 0 spiro atoms. The van der Waals surface area contributed by atoms with Gasteiger partial charge in [0.05, 0.1) is 0 Å². The minimum Gasteiger partial charge on any atom is -0.0622 e. The second kappa shape index (κ2) is 5.73. The van der Waals surface area contributed by atoms with Gasteiger partial charge in [-0.3, -0.25) is 0 Å². The fraction of sp³-hybridized carbons (Fsp3) is 0.0435. The molecule has 0 heterocycles. The number of benzene rings is 4. The topological polar surface area (TPSA) is 0 Å². The molecule has 110 valence electrons. The third-order valence-corrected chi connectivity index (χ3v) is 4.34. The summed E-state index contributed by atoms with van der Waals surface area (Å²) < 4.78 is 0. The average Bonchev–Trinajstić information content (AvgIpc) is 2.60. The fourth-order valence-electron chi connectivity index (χ4n) is 3.07. The molecule has 4 aromatic carbocycles. The van der Waals surface area contributed by atoms with Crippen molar-refractivity contribution < 1.29 is 0 Å². The summed E-state index contributed by atoms with van der Waals surface area (Å²) in [7, 11) is 0. The van der Waals surface area contributed by atoms with Crippen LogP contribution in [0.5, 0.6) is 0 Å². The van der Waals surface area contributed by atoms with Gasteiger partial charge in [-0.2, -0.15) is 0 Å². The van der Waals surface area contributed by atoms with E-state index in [1.54, 1.807) is 0 Å². The van der Waals surface area contributed by atoms with Gasteiger partial charge in [-0.05, 0) is 63.4 Å². The number of allylic oxidation sites excluding steroid dienone is 1. The lowest BCUT2D eigenvalue weighted by Gasteiger charge is -2.07. The van der Waals surface area contributed by atoms with Crippen LogP contribution < -0.4 is 0 Å². The normalized spacial score (nSPS) is 12.0. The molecule has 0 aliphatic heterocycles. The van der Waals surface area contributed by atoms with E-state index in [1.807, 2.05) is 6.07 Å². The lowest BCUT2D eigenvalue weighted by atomic mass is 9.98. The molecule has 4 aromatic rings. The molecular weight excluding hydrogens is 276 g/mol. The summed E-state index contributed by atoms with van der Waals surface area (Å²) in [6.07, 6.45) is 2.24. The maximum atomic E-state index is 2.29. The first-order chi connectivity index (χ1) is 11.3. The molecule has 0 radical (unpaired) electrons. The van der Waals surface area contributed by atoms with Crippen molar-refractivity contribution in [3.63, 3.8) is 0 Å². The first-order valence-electron chi connectivity index (χ1n) is 7.96. The molecule has 23 heavy (non-hydrogen) atoms. The summed E-state index contributed by atoms with van der Waals surface area (Å²) in [6.45, 7) is 2.18. The number of rotatable bonds is 2. The third kappa shape index (κ3) is 2.76. The van der Waals surface area contributed by atoms with Gasteiger partial charge in [0.1, 0.15) is 0 Å². The van der Waals surface area contributed by atoms with E-state index >= 15 is 0 Å². The Labute approximate surface area is 136 Å². The largest absolute Gasteiger partial charge is 0.0622 e. The van der Waals surface area contributed by atoms with Gasteiger partial charge in [0.25, 0.3) is 0 Å². The average molecular weight is 294 g/mol. The van der Waals surface area contributed by atoms with E-state index in [0.29, 0.717) is 0 Å². The van der Waals surface area contributed by atoms with Gasteiger partial charge in [0.15, 0.2) is 0 Å². The van der Waals surface area contributed by atoms with Crippen molar-refractivity contribution in [3.05, 3.63) is 96.1 Å². The highest BCUT2D eigenvalue weighted by molar-refractivity contribution is 5.99. The third-order valence-electron chi connectivity index (χ3n) is 4.34. The van der Waals surface area contributed by atoms with Gasteiger partial charge < -0.3 is 0 Å². The van der Waals surface area contributed by atoms with Crippen molar-refractivity contribution in [3.8, 4) is 0 Å². The highest BCUT2D eigenvalue weighted by Gasteiger charge is 2.01. The highest BCUT2D eigenvalue weighted by Crippen LogP contribution is 2.26. The molecule has 0 saturated heterocycles.